The van der Waals surface area contributed by atoms with Gasteiger partial charge in [0.25, 0.3) is 12.3 Å². The van der Waals surface area contributed by atoms with Crippen molar-refractivity contribution in [2.45, 2.75) is 77.6 Å². The van der Waals surface area contributed by atoms with Crippen LogP contribution in [0.5, 0.6) is 0 Å². The Kier molecular flexibility index (Phi) is 5.93. The molecule has 1 amide bonds. The summed E-state index contributed by atoms with van der Waals surface area (Å²) in [5.74, 6) is 0.804. The first-order valence-corrected chi connectivity index (χ1v) is 13.1. The van der Waals surface area contributed by atoms with Crippen LogP contribution in [0, 0.1) is 11.3 Å². The minimum Gasteiger partial charge on any atom is -0.371 e. The summed E-state index contributed by atoms with van der Waals surface area (Å²) in [4.78, 5) is 20.1. The molecule has 3 aromatic heterocycles. The lowest BCUT2D eigenvalue weighted by Crippen LogP contribution is -2.57. The molecule has 4 aliphatic rings. The lowest BCUT2D eigenvalue weighted by atomic mass is 9.71. The number of nitrogens with one attached hydrogen (secondary N) is 1. The number of amides is 1. The van der Waals surface area contributed by atoms with Crippen LogP contribution in [-0.2, 0) is 4.74 Å². The largest absolute Gasteiger partial charge is 0.371 e. The molecule has 3 saturated heterocycles. The van der Waals surface area contributed by atoms with E-state index in [0.29, 0.717) is 11.6 Å². The number of piperidine rings is 1. The van der Waals surface area contributed by atoms with E-state index >= 15 is 0 Å². The van der Waals surface area contributed by atoms with Gasteiger partial charge in [0.05, 0.1) is 30.1 Å². The molecule has 0 radical (unpaired) electrons. The zero-order valence-electron chi connectivity index (χ0n) is 21.4. The van der Waals surface area contributed by atoms with E-state index in [0.717, 1.165) is 51.0 Å². The van der Waals surface area contributed by atoms with E-state index in [-0.39, 0.29) is 34.9 Å². The molecule has 198 valence electrons. The van der Waals surface area contributed by atoms with Crippen molar-refractivity contribution in [3.8, 4) is 0 Å². The molecule has 1 aliphatic carbocycles. The van der Waals surface area contributed by atoms with Crippen molar-refractivity contribution < 1.29 is 18.3 Å². The summed E-state index contributed by atoms with van der Waals surface area (Å²) in [5, 5.41) is 11.1. The normalized spacial score (nSPS) is 25.9. The standard InChI is InChI=1S/C26H33F2N7O2/c1-26(2,3)15-4-6-16(7-5-15)35-14-20(22(32-35)23(27)28)30-25(36)19-11-29-34-9-8-21(31-24(19)34)33-12-17-10-18(13-33)37-17/h8-9,11,14-18,23H,4-7,10,12-13H2,1-3H3,(H,30,36). The number of ether oxygens (including phenoxy) is 1. The average molecular weight is 514 g/mol. The molecule has 2 atom stereocenters. The average Bonchev–Trinajstić information content (AvgIpc) is 3.47. The number of halogens is 2. The van der Waals surface area contributed by atoms with E-state index in [9.17, 15) is 13.6 Å². The van der Waals surface area contributed by atoms with E-state index in [1.54, 1.807) is 17.1 Å². The quantitative estimate of drug-likeness (QED) is 0.524. The van der Waals surface area contributed by atoms with Gasteiger partial charge in [0.1, 0.15) is 11.4 Å². The molecule has 37 heavy (non-hydrogen) atoms. The number of nitrogens with zero attached hydrogens (tertiary/aromatic N) is 6. The van der Waals surface area contributed by atoms with Crippen molar-refractivity contribution in [2.24, 2.45) is 11.3 Å². The van der Waals surface area contributed by atoms with Crippen molar-refractivity contribution in [2.75, 3.05) is 23.3 Å². The third-order valence-electron chi connectivity index (χ3n) is 8.19. The highest BCUT2D eigenvalue weighted by molar-refractivity contribution is 6.08. The number of hydrogen-bond donors (Lipinski definition) is 1. The molecule has 9 nitrogen and oxygen atoms in total. The van der Waals surface area contributed by atoms with Gasteiger partial charge in [0.2, 0.25) is 0 Å². The van der Waals surface area contributed by atoms with Gasteiger partial charge in [-0.2, -0.15) is 10.2 Å². The molecule has 1 saturated carbocycles. The molecule has 3 aromatic rings. The van der Waals surface area contributed by atoms with Crippen LogP contribution >= 0.6 is 0 Å². The van der Waals surface area contributed by atoms with Gasteiger partial charge in [0.15, 0.2) is 11.3 Å². The van der Waals surface area contributed by atoms with Crippen LogP contribution in [0.25, 0.3) is 5.65 Å². The highest BCUT2D eigenvalue weighted by atomic mass is 19.3. The Hall–Kier alpha value is -3.08. The minimum absolute atomic E-state index is 0.0294. The fraction of sp³-hybridized carbons (Fsp3) is 0.615. The van der Waals surface area contributed by atoms with Crippen LogP contribution in [0.15, 0.2) is 24.7 Å². The summed E-state index contributed by atoms with van der Waals surface area (Å²) in [5.41, 5.74) is 0.443. The second-order valence-electron chi connectivity index (χ2n) is 11.7. The second kappa shape index (κ2) is 9.04. The molecular weight excluding hydrogens is 480 g/mol. The van der Waals surface area contributed by atoms with Gasteiger partial charge in [-0.15, -0.1) is 0 Å². The van der Waals surface area contributed by atoms with Gasteiger partial charge in [-0.3, -0.25) is 9.48 Å². The Morgan fingerprint density at radius 2 is 1.86 bits per heavy atom. The van der Waals surface area contributed by atoms with Gasteiger partial charge >= 0.3 is 0 Å². The van der Waals surface area contributed by atoms with Crippen molar-refractivity contribution >= 4 is 23.1 Å². The van der Waals surface area contributed by atoms with Crippen LogP contribution in [0.3, 0.4) is 0 Å². The molecule has 2 bridgehead atoms. The van der Waals surface area contributed by atoms with Crippen molar-refractivity contribution in [1.29, 1.82) is 0 Å². The predicted octanol–water partition coefficient (Wildman–Crippen LogP) is 4.87. The fourth-order valence-corrected chi connectivity index (χ4v) is 5.98. The number of morpholine rings is 1. The van der Waals surface area contributed by atoms with E-state index in [1.165, 1.54) is 10.7 Å². The number of rotatable bonds is 5. The van der Waals surface area contributed by atoms with Gasteiger partial charge in [-0.25, -0.2) is 18.3 Å². The molecule has 7 rings (SSSR count). The van der Waals surface area contributed by atoms with Gasteiger partial charge in [0, 0.05) is 31.9 Å². The predicted molar refractivity (Wildman–Crippen MR) is 134 cm³/mol. The lowest BCUT2D eigenvalue weighted by Gasteiger charge is -2.47. The first-order valence-electron chi connectivity index (χ1n) is 13.1. The topological polar surface area (TPSA) is 89.6 Å². The first kappa shape index (κ1) is 24.3. The van der Waals surface area contributed by atoms with Crippen LogP contribution in [0.1, 0.15) is 81.4 Å². The summed E-state index contributed by atoms with van der Waals surface area (Å²) < 4.78 is 36.6. The summed E-state index contributed by atoms with van der Waals surface area (Å²) in [7, 11) is 0. The van der Waals surface area contributed by atoms with E-state index in [4.69, 9.17) is 4.74 Å². The fourth-order valence-electron chi connectivity index (χ4n) is 5.98. The maximum Gasteiger partial charge on any atom is 0.284 e. The minimum atomic E-state index is -2.80. The number of hydrogen-bond acceptors (Lipinski definition) is 6. The number of carbonyl (C=O) groups excluding carboxylic acids is 1. The van der Waals surface area contributed by atoms with Crippen LogP contribution in [0.2, 0.25) is 0 Å². The van der Waals surface area contributed by atoms with Crippen molar-refractivity contribution in [3.05, 3.63) is 35.9 Å². The molecule has 4 fully saturated rings. The van der Waals surface area contributed by atoms with Crippen molar-refractivity contribution in [1.82, 2.24) is 24.4 Å². The molecular formula is C26H33F2N7O2. The van der Waals surface area contributed by atoms with E-state index < -0.39 is 18.0 Å². The zero-order valence-corrected chi connectivity index (χ0v) is 21.4. The maximum atomic E-state index is 13.9. The molecule has 2 unspecified atom stereocenters. The molecule has 0 spiro atoms. The SMILES string of the molecule is CC(C)(C)C1CCC(n2cc(NC(=O)c3cnn4ccc(N5CC6CC(C5)O6)nc34)c(C(F)F)n2)CC1. The Labute approximate surface area is 214 Å². The summed E-state index contributed by atoms with van der Waals surface area (Å²) in [6, 6.07) is 1.91. The number of carbonyl (C=O) groups is 1. The van der Waals surface area contributed by atoms with Gasteiger partial charge in [-0.1, -0.05) is 20.8 Å². The van der Waals surface area contributed by atoms with Crippen molar-refractivity contribution in [3.63, 3.8) is 0 Å². The molecule has 11 heteroatoms. The van der Waals surface area contributed by atoms with Crippen LogP contribution < -0.4 is 10.2 Å². The van der Waals surface area contributed by atoms with Gasteiger partial charge < -0.3 is 15.0 Å². The monoisotopic (exact) mass is 513 g/mol. The first-order chi connectivity index (χ1) is 17.7. The second-order valence-corrected chi connectivity index (χ2v) is 11.7. The van der Waals surface area contributed by atoms with Gasteiger partial charge in [-0.05, 0) is 43.1 Å². The Morgan fingerprint density at radius 1 is 1.16 bits per heavy atom. The number of anilines is 2. The lowest BCUT2D eigenvalue weighted by molar-refractivity contribution is -0.133. The third-order valence-corrected chi connectivity index (χ3v) is 8.19. The maximum absolute atomic E-state index is 13.9. The zero-order chi connectivity index (χ0) is 25.9. The van der Waals surface area contributed by atoms with E-state index in [1.807, 2.05) is 6.07 Å². The highest BCUT2D eigenvalue weighted by Gasteiger charge is 2.39. The summed E-state index contributed by atoms with van der Waals surface area (Å²) >= 11 is 0. The summed E-state index contributed by atoms with van der Waals surface area (Å²) in [6.45, 7) is 8.25. The Morgan fingerprint density at radius 3 is 2.51 bits per heavy atom. The number of fused-ring (bicyclic) bond motifs is 3. The number of aromatic nitrogens is 5. The van der Waals surface area contributed by atoms with Crippen LogP contribution in [-0.4, -0.2) is 55.6 Å². The Bertz CT molecular complexity index is 1290. The molecule has 3 aliphatic heterocycles. The molecule has 0 aromatic carbocycles. The Balaban J connectivity index is 1.21. The number of alkyl halides is 2. The van der Waals surface area contributed by atoms with E-state index in [2.05, 4.69) is 46.2 Å². The summed E-state index contributed by atoms with van der Waals surface area (Å²) in [6.07, 6.45) is 7.24. The third kappa shape index (κ3) is 4.58. The van der Waals surface area contributed by atoms with Crippen LogP contribution in [0.4, 0.5) is 20.3 Å². The smallest absolute Gasteiger partial charge is 0.284 e. The highest BCUT2D eigenvalue weighted by Crippen LogP contribution is 2.42. The molecule has 6 heterocycles. The molecule has 1 N–H and O–H groups in total.